The second-order valence-corrected chi connectivity index (χ2v) is 4.61. The Balaban J connectivity index is 1.79. The van der Waals surface area contributed by atoms with E-state index in [1.165, 1.54) is 0 Å². The highest BCUT2D eigenvalue weighted by molar-refractivity contribution is 7.10. The van der Waals surface area contributed by atoms with Crippen molar-refractivity contribution in [1.82, 2.24) is 4.37 Å². The quantitative estimate of drug-likeness (QED) is 0.671. The minimum atomic E-state index is -0.458. The van der Waals surface area contributed by atoms with Crippen LogP contribution in [0.2, 0.25) is 0 Å². The fraction of sp³-hybridized carbons (Fsp3) is 0.231. The first-order valence-corrected chi connectivity index (χ1v) is 6.52. The molecule has 0 fully saturated rings. The van der Waals surface area contributed by atoms with Crippen LogP contribution in [0, 0.1) is 6.92 Å². The molecule has 5 nitrogen and oxygen atoms in total. The first-order chi connectivity index (χ1) is 9.18. The van der Waals surface area contributed by atoms with E-state index in [9.17, 15) is 4.79 Å². The maximum absolute atomic E-state index is 11.8. The molecule has 1 heterocycles. The summed E-state index contributed by atoms with van der Waals surface area (Å²) >= 11 is 1.09. The van der Waals surface area contributed by atoms with E-state index in [-0.39, 0.29) is 6.61 Å². The minimum absolute atomic E-state index is 0.169. The molecule has 1 aromatic carbocycles. The number of para-hydroxylation sites is 1. The largest absolute Gasteiger partial charge is 0.490 e. The number of carbonyl (C=O) groups excluding carboxylic acids is 1. The van der Waals surface area contributed by atoms with Gasteiger partial charge >= 0.3 is 5.97 Å². The Labute approximate surface area is 115 Å². The van der Waals surface area contributed by atoms with Crippen molar-refractivity contribution in [3.63, 3.8) is 0 Å². The summed E-state index contributed by atoms with van der Waals surface area (Å²) in [7, 11) is 0. The predicted molar refractivity (Wildman–Crippen MR) is 73.5 cm³/mol. The third kappa shape index (κ3) is 3.45. The van der Waals surface area contributed by atoms with E-state index >= 15 is 0 Å². The SMILES string of the molecule is Cc1nsc(N)c1C(=O)OCCOc1ccccc1. The zero-order valence-corrected chi connectivity index (χ0v) is 11.3. The van der Waals surface area contributed by atoms with Gasteiger partial charge in [0.05, 0.1) is 5.69 Å². The summed E-state index contributed by atoms with van der Waals surface area (Å²) in [5, 5.41) is 0.381. The van der Waals surface area contributed by atoms with Crippen molar-refractivity contribution in [2.24, 2.45) is 0 Å². The van der Waals surface area contributed by atoms with E-state index in [0.717, 1.165) is 17.3 Å². The molecule has 0 unspecified atom stereocenters. The average Bonchev–Trinajstić information content (AvgIpc) is 2.75. The summed E-state index contributed by atoms with van der Waals surface area (Å²) in [4.78, 5) is 11.8. The summed E-state index contributed by atoms with van der Waals surface area (Å²) in [5.74, 6) is 0.284. The number of hydrogen-bond acceptors (Lipinski definition) is 6. The number of benzene rings is 1. The highest BCUT2D eigenvalue weighted by Crippen LogP contribution is 2.21. The number of anilines is 1. The summed E-state index contributed by atoms with van der Waals surface area (Å²) in [6.45, 7) is 2.19. The van der Waals surface area contributed by atoms with E-state index in [0.29, 0.717) is 22.9 Å². The van der Waals surface area contributed by atoms with Crippen LogP contribution in [0.5, 0.6) is 5.75 Å². The van der Waals surface area contributed by atoms with Crippen LogP contribution in [0.25, 0.3) is 0 Å². The van der Waals surface area contributed by atoms with Gasteiger partial charge in [0.15, 0.2) is 0 Å². The normalized spacial score (nSPS) is 10.2. The zero-order chi connectivity index (χ0) is 13.7. The van der Waals surface area contributed by atoms with Crippen LogP contribution in [0.4, 0.5) is 5.00 Å². The van der Waals surface area contributed by atoms with Gasteiger partial charge in [0, 0.05) is 0 Å². The monoisotopic (exact) mass is 278 g/mol. The topological polar surface area (TPSA) is 74.4 Å². The second kappa shape index (κ2) is 6.19. The van der Waals surface area contributed by atoms with E-state index in [1.807, 2.05) is 30.3 Å². The van der Waals surface area contributed by atoms with Crippen molar-refractivity contribution in [2.75, 3.05) is 18.9 Å². The third-order valence-corrected chi connectivity index (χ3v) is 3.19. The summed E-state index contributed by atoms with van der Waals surface area (Å²) in [6.07, 6.45) is 0. The molecule has 19 heavy (non-hydrogen) atoms. The standard InChI is InChI=1S/C13H14N2O3S/c1-9-11(12(14)19-15-9)13(16)18-8-7-17-10-5-3-2-4-6-10/h2-6H,7-8,14H2,1H3. The number of nitrogens with two attached hydrogens (primary N) is 1. The fourth-order valence-electron chi connectivity index (χ4n) is 1.52. The van der Waals surface area contributed by atoms with Gasteiger partial charge in [-0.05, 0) is 30.6 Å². The van der Waals surface area contributed by atoms with Gasteiger partial charge < -0.3 is 15.2 Å². The van der Waals surface area contributed by atoms with Gasteiger partial charge in [-0.1, -0.05) is 18.2 Å². The van der Waals surface area contributed by atoms with Gasteiger partial charge in [-0.3, -0.25) is 0 Å². The molecular formula is C13H14N2O3S. The molecule has 0 aliphatic carbocycles. The third-order valence-electron chi connectivity index (χ3n) is 2.42. The Bertz CT molecular complexity index is 535. The van der Waals surface area contributed by atoms with Crippen LogP contribution in [-0.4, -0.2) is 23.6 Å². The molecule has 0 aliphatic heterocycles. The van der Waals surface area contributed by atoms with Crippen molar-refractivity contribution in [2.45, 2.75) is 6.92 Å². The summed E-state index contributed by atoms with van der Waals surface area (Å²) < 4.78 is 14.5. The minimum Gasteiger partial charge on any atom is -0.490 e. The van der Waals surface area contributed by atoms with Crippen molar-refractivity contribution in [1.29, 1.82) is 0 Å². The molecule has 0 radical (unpaired) electrons. The number of carbonyl (C=O) groups is 1. The van der Waals surface area contributed by atoms with Crippen molar-refractivity contribution >= 4 is 22.5 Å². The van der Waals surface area contributed by atoms with Gasteiger partial charge in [0.25, 0.3) is 0 Å². The first kappa shape index (κ1) is 13.4. The number of ether oxygens (including phenoxy) is 2. The lowest BCUT2D eigenvalue weighted by Gasteiger charge is -2.07. The molecule has 0 bridgehead atoms. The zero-order valence-electron chi connectivity index (χ0n) is 10.5. The summed E-state index contributed by atoms with van der Waals surface area (Å²) in [6, 6.07) is 9.34. The predicted octanol–water partition coefficient (Wildman–Crippen LogP) is 2.27. The Morgan fingerprint density at radius 3 is 2.68 bits per heavy atom. The van der Waals surface area contributed by atoms with Crippen molar-refractivity contribution in [3.05, 3.63) is 41.6 Å². The average molecular weight is 278 g/mol. The van der Waals surface area contributed by atoms with Crippen molar-refractivity contribution in [3.8, 4) is 5.75 Å². The Hall–Kier alpha value is -2.08. The van der Waals surface area contributed by atoms with E-state index < -0.39 is 5.97 Å². The molecule has 2 rings (SSSR count). The van der Waals surface area contributed by atoms with Crippen molar-refractivity contribution < 1.29 is 14.3 Å². The lowest BCUT2D eigenvalue weighted by Crippen LogP contribution is -2.13. The number of nitrogen functional groups attached to an aromatic ring is 1. The maximum atomic E-state index is 11.8. The van der Waals surface area contributed by atoms with Crippen LogP contribution in [0.1, 0.15) is 16.1 Å². The summed E-state index contributed by atoms with van der Waals surface area (Å²) in [5.41, 5.74) is 6.61. The highest BCUT2D eigenvalue weighted by Gasteiger charge is 2.17. The number of rotatable bonds is 5. The van der Waals surface area contributed by atoms with E-state index in [2.05, 4.69) is 4.37 Å². The molecule has 2 N–H and O–H groups in total. The Morgan fingerprint density at radius 2 is 2.05 bits per heavy atom. The van der Waals surface area contributed by atoms with Gasteiger partial charge in [-0.2, -0.15) is 4.37 Å². The number of aromatic nitrogens is 1. The molecule has 100 valence electrons. The van der Waals surface area contributed by atoms with Crippen LogP contribution in [0.15, 0.2) is 30.3 Å². The smallest absolute Gasteiger partial charge is 0.343 e. The number of esters is 1. The lowest BCUT2D eigenvalue weighted by molar-refractivity contribution is 0.0451. The van der Waals surface area contributed by atoms with Crippen LogP contribution < -0.4 is 10.5 Å². The van der Waals surface area contributed by atoms with Gasteiger partial charge in [-0.15, -0.1) is 0 Å². The molecule has 6 heteroatoms. The van der Waals surface area contributed by atoms with E-state index in [4.69, 9.17) is 15.2 Å². The second-order valence-electron chi connectivity index (χ2n) is 3.80. The van der Waals surface area contributed by atoms with Gasteiger partial charge in [-0.25, -0.2) is 4.79 Å². The molecule has 0 atom stereocenters. The molecular weight excluding hydrogens is 264 g/mol. The molecule has 0 spiro atoms. The van der Waals surface area contributed by atoms with Crippen LogP contribution >= 0.6 is 11.5 Å². The molecule has 0 saturated carbocycles. The first-order valence-electron chi connectivity index (χ1n) is 5.75. The maximum Gasteiger partial charge on any atom is 0.343 e. The lowest BCUT2D eigenvalue weighted by atomic mass is 10.2. The molecule has 0 aliphatic rings. The van der Waals surface area contributed by atoms with Gasteiger partial charge in [0.1, 0.15) is 29.5 Å². The van der Waals surface area contributed by atoms with Crippen LogP contribution in [-0.2, 0) is 4.74 Å². The number of aryl methyl sites for hydroxylation is 1. The molecule has 2 aromatic rings. The molecule has 0 amide bonds. The number of nitrogens with zero attached hydrogens (tertiary/aromatic N) is 1. The molecule has 1 aromatic heterocycles. The highest BCUT2D eigenvalue weighted by atomic mass is 32.1. The Morgan fingerprint density at radius 1 is 1.32 bits per heavy atom. The fourth-order valence-corrected chi connectivity index (χ4v) is 2.17. The van der Waals surface area contributed by atoms with E-state index in [1.54, 1.807) is 6.92 Å². The van der Waals surface area contributed by atoms with Crippen LogP contribution in [0.3, 0.4) is 0 Å². The Kier molecular flexibility index (Phi) is 4.35. The van der Waals surface area contributed by atoms with Gasteiger partial charge in [0.2, 0.25) is 0 Å². The number of hydrogen-bond donors (Lipinski definition) is 1. The molecule has 0 saturated heterocycles.